The van der Waals surface area contributed by atoms with E-state index in [4.69, 9.17) is 22.0 Å². The Morgan fingerprint density at radius 2 is 2.42 bits per heavy atom. The highest BCUT2D eigenvalue weighted by atomic mass is 16.5. The Kier molecular flexibility index (Phi) is 3.51. The summed E-state index contributed by atoms with van der Waals surface area (Å²) < 4.78 is 5.24. The maximum absolute atomic E-state index is 8.89. The van der Waals surface area contributed by atoms with Crippen LogP contribution in [-0.4, -0.2) is 23.9 Å². The minimum Gasteiger partial charge on any atom is -0.394 e. The predicted octanol–water partition coefficient (Wildman–Crippen LogP) is 0.767. The van der Waals surface area contributed by atoms with Gasteiger partial charge in [-0.1, -0.05) is 0 Å². The van der Waals surface area contributed by atoms with Crippen LogP contribution in [0.15, 0.2) is 0 Å². The quantitative estimate of drug-likeness (QED) is 0.675. The third kappa shape index (κ3) is 2.20. The minimum absolute atomic E-state index is 0.00377. The van der Waals surface area contributed by atoms with Crippen LogP contribution in [0, 0.1) is 24.2 Å². The number of hydrogen-bond donors (Lipinski definition) is 1. The topological polar surface area (TPSA) is 53.2 Å². The molecule has 0 spiro atoms. The van der Waals surface area contributed by atoms with E-state index in [1.807, 2.05) is 0 Å². The fraction of sp³-hybridized carbons (Fsp3) is 0.778. The Hall–Kier alpha value is -0.590. The second kappa shape index (κ2) is 4.44. The molecule has 1 aliphatic heterocycles. The summed E-state index contributed by atoms with van der Waals surface area (Å²) >= 11 is 0. The Morgan fingerprint density at radius 1 is 1.67 bits per heavy atom. The Balaban J connectivity index is 2.36. The van der Waals surface area contributed by atoms with Crippen molar-refractivity contribution in [2.75, 3.05) is 6.61 Å². The molecular weight excluding hydrogens is 154 g/mol. The second-order valence-corrected chi connectivity index (χ2v) is 3.09. The standard InChI is InChI=1S/C9H13NO2/c1-7-5-8(3-2-4-10)9(6-11)12-7/h1,7-9,11H,2-3,5-6H2/t7-,8+,9+/m0/s1. The third-order valence-corrected chi connectivity index (χ3v) is 2.22. The van der Waals surface area contributed by atoms with Crippen LogP contribution in [0.4, 0.5) is 0 Å². The van der Waals surface area contributed by atoms with Gasteiger partial charge in [0, 0.05) is 6.42 Å². The van der Waals surface area contributed by atoms with E-state index in [2.05, 4.69) is 6.07 Å². The third-order valence-electron chi connectivity index (χ3n) is 2.22. The van der Waals surface area contributed by atoms with Gasteiger partial charge in [-0.25, -0.2) is 0 Å². The lowest BCUT2D eigenvalue weighted by atomic mass is 9.95. The zero-order valence-electron chi connectivity index (χ0n) is 6.94. The molecule has 1 aliphatic rings. The van der Waals surface area contributed by atoms with E-state index in [1.165, 1.54) is 0 Å². The molecule has 0 saturated carbocycles. The van der Waals surface area contributed by atoms with Gasteiger partial charge in [-0.05, 0) is 25.7 Å². The number of nitriles is 1. The van der Waals surface area contributed by atoms with Crippen molar-refractivity contribution >= 4 is 0 Å². The van der Waals surface area contributed by atoms with Crippen molar-refractivity contribution in [3.63, 3.8) is 0 Å². The molecule has 1 rings (SSSR count). The first-order chi connectivity index (χ1) is 5.77. The number of aliphatic hydroxyl groups excluding tert-OH is 1. The summed E-state index contributed by atoms with van der Waals surface area (Å²) in [5, 5.41) is 17.3. The molecule has 0 aliphatic carbocycles. The van der Waals surface area contributed by atoms with Crippen molar-refractivity contribution in [1.82, 2.24) is 0 Å². The number of ether oxygens (including phenoxy) is 1. The molecule has 3 nitrogen and oxygen atoms in total. The maximum atomic E-state index is 8.89. The molecule has 1 N–H and O–H groups in total. The first-order valence-electron chi connectivity index (χ1n) is 4.16. The Labute approximate surface area is 73.0 Å². The van der Waals surface area contributed by atoms with Crippen LogP contribution in [-0.2, 0) is 4.74 Å². The second-order valence-electron chi connectivity index (χ2n) is 3.09. The van der Waals surface area contributed by atoms with Gasteiger partial charge in [0.25, 0.3) is 0 Å². The molecule has 1 heterocycles. The van der Waals surface area contributed by atoms with Gasteiger partial charge in [-0.2, -0.15) is 5.26 Å². The summed E-state index contributed by atoms with van der Waals surface area (Å²) in [7, 11) is 0. The van der Waals surface area contributed by atoms with Gasteiger partial charge in [-0.3, -0.25) is 0 Å². The lowest BCUT2D eigenvalue weighted by Crippen LogP contribution is -2.20. The predicted molar refractivity (Wildman–Crippen MR) is 43.0 cm³/mol. The van der Waals surface area contributed by atoms with Gasteiger partial charge >= 0.3 is 0 Å². The van der Waals surface area contributed by atoms with Crippen LogP contribution >= 0.6 is 0 Å². The lowest BCUT2D eigenvalue weighted by molar-refractivity contribution is 0.0144. The SMILES string of the molecule is [CH][C@H]1C[C@@H](CCC#N)[C@@H](CO)O1. The summed E-state index contributed by atoms with van der Waals surface area (Å²) in [6, 6.07) is 2.08. The van der Waals surface area contributed by atoms with Crippen molar-refractivity contribution in [3.8, 4) is 6.07 Å². The van der Waals surface area contributed by atoms with E-state index in [0.717, 1.165) is 12.8 Å². The first-order valence-corrected chi connectivity index (χ1v) is 4.16. The maximum Gasteiger partial charge on any atom is 0.0839 e. The molecule has 0 bridgehead atoms. The summed E-state index contributed by atoms with van der Waals surface area (Å²) in [6.45, 7) is 5.55. The van der Waals surface area contributed by atoms with Crippen molar-refractivity contribution < 1.29 is 9.84 Å². The molecule has 0 amide bonds. The highest BCUT2D eigenvalue weighted by molar-refractivity contribution is 4.85. The summed E-state index contributed by atoms with van der Waals surface area (Å²) in [6.07, 6.45) is 1.62. The van der Waals surface area contributed by atoms with E-state index in [1.54, 1.807) is 0 Å². The van der Waals surface area contributed by atoms with E-state index in [0.29, 0.717) is 6.42 Å². The van der Waals surface area contributed by atoms with E-state index >= 15 is 0 Å². The summed E-state index contributed by atoms with van der Waals surface area (Å²) in [5.74, 6) is 0.254. The molecule has 0 unspecified atom stereocenters. The van der Waals surface area contributed by atoms with Crippen molar-refractivity contribution in [1.29, 1.82) is 5.26 Å². The molecule has 0 aromatic rings. The fourth-order valence-corrected chi connectivity index (χ4v) is 1.59. The van der Waals surface area contributed by atoms with Crippen LogP contribution in [0.3, 0.4) is 0 Å². The highest BCUT2D eigenvalue weighted by Gasteiger charge is 2.31. The van der Waals surface area contributed by atoms with Crippen LogP contribution in [0.25, 0.3) is 0 Å². The molecule has 1 saturated heterocycles. The monoisotopic (exact) mass is 167 g/mol. The lowest BCUT2D eigenvalue weighted by Gasteiger charge is -2.13. The number of nitrogens with zero attached hydrogens (tertiary/aromatic N) is 1. The molecular formula is C9H13NO2. The average molecular weight is 167 g/mol. The molecule has 1 fully saturated rings. The van der Waals surface area contributed by atoms with Gasteiger partial charge in [0.15, 0.2) is 0 Å². The summed E-state index contributed by atoms with van der Waals surface area (Å²) in [5.41, 5.74) is 0. The largest absolute Gasteiger partial charge is 0.394 e. The van der Waals surface area contributed by atoms with Crippen LogP contribution in [0.1, 0.15) is 19.3 Å². The first kappa shape index (κ1) is 9.50. The molecule has 0 aromatic heterocycles. The zero-order valence-corrected chi connectivity index (χ0v) is 6.94. The van der Waals surface area contributed by atoms with Crippen LogP contribution in [0.5, 0.6) is 0 Å². The van der Waals surface area contributed by atoms with E-state index in [9.17, 15) is 0 Å². The molecule has 66 valence electrons. The fourth-order valence-electron chi connectivity index (χ4n) is 1.59. The van der Waals surface area contributed by atoms with Gasteiger partial charge in [0.1, 0.15) is 0 Å². The number of aliphatic hydroxyl groups is 1. The zero-order chi connectivity index (χ0) is 8.97. The normalized spacial score (nSPS) is 34.9. The molecule has 12 heavy (non-hydrogen) atoms. The van der Waals surface area contributed by atoms with Crippen molar-refractivity contribution in [2.24, 2.45) is 5.92 Å². The van der Waals surface area contributed by atoms with Gasteiger partial charge < -0.3 is 9.84 Å². The van der Waals surface area contributed by atoms with Gasteiger partial charge in [0.05, 0.1) is 24.9 Å². The summed E-state index contributed by atoms with van der Waals surface area (Å²) in [4.78, 5) is 0. The Bertz CT molecular complexity index is 176. The van der Waals surface area contributed by atoms with Crippen LogP contribution in [0.2, 0.25) is 0 Å². The smallest absolute Gasteiger partial charge is 0.0839 e. The van der Waals surface area contributed by atoms with Crippen molar-refractivity contribution in [3.05, 3.63) is 6.92 Å². The van der Waals surface area contributed by atoms with E-state index < -0.39 is 0 Å². The van der Waals surface area contributed by atoms with Crippen LogP contribution < -0.4 is 0 Å². The van der Waals surface area contributed by atoms with Gasteiger partial charge in [0.2, 0.25) is 0 Å². The van der Waals surface area contributed by atoms with Crippen molar-refractivity contribution in [2.45, 2.75) is 31.5 Å². The Morgan fingerprint density at radius 3 is 3.00 bits per heavy atom. The highest BCUT2D eigenvalue weighted by Crippen LogP contribution is 2.29. The molecule has 3 atom stereocenters. The van der Waals surface area contributed by atoms with E-state index in [-0.39, 0.29) is 24.7 Å². The number of rotatable bonds is 3. The minimum atomic E-state index is -0.258. The molecule has 2 radical (unpaired) electrons. The average Bonchev–Trinajstić information content (AvgIpc) is 2.42. The van der Waals surface area contributed by atoms with Gasteiger partial charge in [-0.15, -0.1) is 0 Å². The molecule has 0 aromatic carbocycles. The number of hydrogen-bond acceptors (Lipinski definition) is 3. The molecule has 3 heteroatoms.